The Kier molecular flexibility index (Phi) is 8.07. The van der Waals surface area contributed by atoms with Crippen molar-refractivity contribution in [3.05, 3.63) is 0 Å². The normalized spacial score (nSPS) is 21.3. The molecule has 0 heterocycles. The molecule has 2 atom stereocenters. The van der Waals surface area contributed by atoms with E-state index in [-0.39, 0.29) is 0 Å². The lowest BCUT2D eigenvalue weighted by atomic mass is 9.98. The summed E-state index contributed by atoms with van der Waals surface area (Å²) in [7, 11) is 0. The molecule has 0 fully saturated rings. The van der Waals surface area contributed by atoms with Crippen LogP contribution in [0.5, 0.6) is 0 Å². The number of rotatable bonds is 2. The summed E-state index contributed by atoms with van der Waals surface area (Å²) in [6.45, 7) is 0. The fourth-order valence-corrected chi connectivity index (χ4v) is 4.60. The van der Waals surface area contributed by atoms with Gasteiger partial charge in [0.05, 0.1) is 0 Å². The van der Waals surface area contributed by atoms with Crippen LogP contribution in [0.15, 0.2) is 0 Å². The predicted octanol–water partition coefficient (Wildman–Crippen LogP) is 7.18. The molecule has 0 aliphatic carbocycles. The molecule has 0 amide bonds. The van der Waals surface area contributed by atoms with Crippen LogP contribution in [0.1, 0.15) is 0 Å². The van der Waals surface area contributed by atoms with Gasteiger partial charge in [-0.1, -0.05) is 139 Å². The van der Waals surface area contributed by atoms with E-state index in [1.165, 1.54) is 0 Å². The van der Waals surface area contributed by atoms with Crippen LogP contribution in [-0.4, -0.2) is 30.8 Å². The van der Waals surface area contributed by atoms with Crippen molar-refractivity contribution in [3.63, 3.8) is 0 Å². The fourth-order valence-electron chi connectivity index (χ4n) is 0.964. The minimum absolute atomic E-state index is 2.60. The second kappa shape index (κ2) is 6.80. The molecule has 1 N–H and O–H groups in total. The average Bonchev–Trinajstić information content (AvgIpc) is 2.10. The van der Waals surface area contributed by atoms with Gasteiger partial charge in [-0.25, -0.2) is 0 Å². The summed E-state index contributed by atoms with van der Waals surface area (Å²) < 4.78 is -10.9. The predicted molar refractivity (Wildman–Crippen MR) is 94.7 cm³/mol. The minimum Gasteiger partial charge on any atom is -0.370 e. The van der Waals surface area contributed by atoms with Crippen LogP contribution in [0.2, 0.25) is 0 Å². The molecule has 0 spiro atoms. The van der Waals surface area contributed by atoms with Crippen LogP contribution in [-0.2, 0) is 0 Å². The Morgan fingerprint density at radius 2 is 0.750 bits per heavy atom. The van der Waals surface area contributed by atoms with Crippen molar-refractivity contribution in [2.45, 2.75) is 25.6 Å². The van der Waals surface area contributed by atoms with E-state index >= 15 is 0 Å². The molecular weight excluding hydrogens is 549 g/mol. The van der Waals surface area contributed by atoms with Gasteiger partial charge in [0.1, 0.15) is 0 Å². The number of halogens is 13. The van der Waals surface area contributed by atoms with Crippen LogP contribution in [0.4, 0.5) is 0 Å². The molecule has 0 aromatic rings. The van der Waals surface area contributed by atoms with Gasteiger partial charge >= 0.3 is 0 Å². The monoisotopic (exact) mass is 544 g/mol. The lowest BCUT2D eigenvalue weighted by molar-refractivity contribution is 0.0761. The number of hydrogen-bond acceptors (Lipinski definition) is 1. The maximum atomic E-state index is 10.2. The van der Waals surface area contributed by atoms with E-state index < -0.39 is 25.6 Å². The first-order valence-corrected chi connectivity index (χ1v) is 8.84. The van der Waals surface area contributed by atoms with Gasteiger partial charge in [0.2, 0.25) is 16.4 Å². The highest BCUT2D eigenvalue weighted by Crippen LogP contribution is 2.69. The van der Waals surface area contributed by atoms with E-state index in [0.29, 0.717) is 0 Å². The Bertz CT molecular complexity index is 331. The molecule has 0 bridgehead atoms. The molecule has 0 aromatic carbocycles. The highest BCUT2D eigenvalue weighted by Gasteiger charge is 2.80. The number of alkyl halides is 13. The maximum absolute atomic E-state index is 10.2. The molecule has 0 aromatic heterocycles. The fraction of sp³-hybridized carbons (Fsp3) is 1.00. The summed E-state index contributed by atoms with van der Waals surface area (Å²) in [6, 6.07) is 0. The summed E-state index contributed by atoms with van der Waals surface area (Å²) >= 11 is 73.7. The third-order valence-electron chi connectivity index (χ3n) is 2.01. The first kappa shape index (κ1) is 23.7. The van der Waals surface area contributed by atoms with Crippen LogP contribution in [0.3, 0.4) is 0 Å². The Morgan fingerprint density at radius 3 is 0.900 bits per heavy atom. The molecule has 0 rings (SSSR count). The van der Waals surface area contributed by atoms with Crippen molar-refractivity contribution in [2.24, 2.45) is 0 Å². The minimum atomic E-state index is -3.16. The SMILES string of the molecule is OC(Cl)(C(Cl)(Cl)Cl)C(Cl)(C(Cl)(Cl)Cl)C(Cl)(Cl)C(Cl)(Cl)Cl. The molecule has 14 heteroatoms. The third-order valence-corrected chi connectivity index (χ3v) is 8.53. The van der Waals surface area contributed by atoms with Crippen LogP contribution in [0.25, 0.3) is 0 Å². The van der Waals surface area contributed by atoms with Gasteiger partial charge < -0.3 is 5.11 Å². The summed E-state index contributed by atoms with van der Waals surface area (Å²) in [5.41, 5.74) is 0. The molecule has 2 unspecified atom stereocenters. The van der Waals surface area contributed by atoms with Gasteiger partial charge in [-0.15, -0.1) is 11.6 Å². The van der Waals surface area contributed by atoms with Gasteiger partial charge in [-0.3, -0.25) is 0 Å². The Balaban J connectivity index is 6.50. The number of hydrogen-bond donors (Lipinski definition) is 1. The van der Waals surface area contributed by atoms with Gasteiger partial charge in [0.15, 0.2) is 9.21 Å². The molecule has 0 saturated carbocycles. The Hall–Kier alpha value is 3.73. The zero-order valence-electron chi connectivity index (χ0n) is 8.36. The standard InChI is InChI=1S/C6HCl13O/c7-1(4(11,12)13,2(8,9)5(14,15)16)3(10,20)6(17,18)19/h20H. The third kappa shape index (κ3) is 3.93. The lowest BCUT2D eigenvalue weighted by Crippen LogP contribution is -2.71. The summed E-state index contributed by atoms with van der Waals surface area (Å²) in [4.78, 5) is -2.97. The molecule has 0 aliphatic rings. The summed E-state index contributed by atoms with van der Waals surface area (Å²) in [6.07, 6.45) is 0. The van der Waals surface area contributed by atoms with Crippen molar-refractivity contribution in [1.82, 2.24) is 0 Å². The van der Waals surface area contributed by atoms with E-state index in [4.69, 9.17) is 151 Å². The van der Waals surface area contributed by atoms with Gasteiger partial charge in [0, 0.05) is 0 Å². The Morgan fingerprint density at radius 1 is 0.450 bits per heavy atom. The number of aliphatic hydroxyl groups is 1. The van der Waals surface area contributed by atoms with Crippen molar-refractivity contribution in [2.75, 3.05) is 0 Å². The quantitative estimate of drug-likeness (QED) is 0.362. The van der Waals surface area contributed by atoms with Crippen LogP contribution in [0, 0.1) is 0 Å². The molecule has 1 nitrogen and oxygen atoms in total. The first-order valence-electron chi connectivity index (χ1n) is 3.93. The zero-order valence-corrected chi connectivity index (χ0v) is 18.2. The molecule has 0 aliphatic heterocycles. The summed E-state index contributed by atoms with van der Waals surface area (Å²) in [5, 5.41) is 7.08. The molecular formula is C6HCl13O. The molecule has 20 heavy (non-hydrogen) atoms. The van der Waals surface area contributed by atoms with Crippen LogP contribution < -0.4 is 0 Å². The van der Waals surface area contributed by atoms with Crippen LogP contribution >= 0.6 is 151 Å². The second-order valence-corrected chi connectivity index (χ2v) is 12.6. The smallest absolute Gasteiger partial charge is 0.234 e. The van der Waals surface area contributed by atoms with Crippen molar-refractivity contribution < 1.29 is 5.11 Å². The van der Waals surface area contributed by atoms with Crippen molar-refractivity contribution in [1.29, 1.82) is 0 Å². The molecule has 0 radical (unpaired) electrons. The van der Waals surface area contributed by atoms with E-state index in [1.54, 1.807) is 0 Å². The molecule has 122 valence electrons. The van der Waals surface area contributed by atoms with Gasteiger partial charge in [0.25, 0.3) is 0 Å². The zero-order chi connectivity index (χ0) is 17.0. The first-order chi connectivity index (χ1) is 8.25. The van der Waals surface area contributed by atoms with E-state index in [1.807, 2.05) is 0 Å². The average molecular weight is 550 g/mol. The van der Waals surface area contributed by atoms with Crippen molar-refractivity contribution >= 4 is 151 Å². The van der Waals surface area contributed by atoms with Crippen molar-refractivity contribution in [3.8, 4) is 0 Å². The van der Waals surface area contributed by atoms with E-state index in [0.717, 1.165) is 0 Å². The largest absolute Gasteiger partial charge is 0.370 e. The highest BCUT2D eigenvalue weighted by atomic mass is 35.6. The topological polar surface area (TPSA) is 20.2 Å². The summed E-state index contributed by atoms with van der Waals surface area (Å²) in [5.74, 6) is 0. The maximum Gasteiger partial charge on any atom is 0.234 e. The lowest BCUT2D eigenvalue weighted by Gasteiger charge is -2.53. The van der Waals surface area contributed by atoms with Gasteiger partial charge in [-0.05, 0) is 0 Å². The second-order valence-electron chi connectivity index (χ2n) is 3.35. The highest BCUT2D eigenvalue weighted by molar-refractivity contribution is 6.81. The Labute approximate surface area is 179 Å². The van der Waals surface area contributed by atoms with E-state index in [9.17, 15) is 5.11 Å². The van der Waals surface area contributed by atoms with E-state index in [2.05, 4.69) is 0 Å². The van der Waals surface area contributed by atoms with Gasteiger partial charge in [-0.2, -0.15) is 0 Å². The molecule has 0 saturated heterocycles.